The number of ketones is 2. The van der Waals surface area contributed by atoms with Crippen LogP contribution in [0.3, 0.4) is 0 Å². The lowest BCUT2D eigenvalue weighted by atomic mass is 9.86. The van der Waals surface area contributed by atoms with Crippen LogP contribution in [0.2, 0.25) is 0 Å². The van der Waals surface area contributed by atoms with Crippen molar-refractivity contribution in [2.24, 2.45) is 0 Å². The molecule has 0 aliphatic rings. The van der Waals surface area contributed by atoms with Gasteiger partial charge < -0.3 is 20.4 Å². The number of benzene rings is 1. The number of Topliss-reactive ketones (excluding diaryl/α,β-unsaturated/α-hetero) is 2. The summed E-state index contributed by atoms with van der Waals surface area (Å²) in [5.41, 5.74) is -2.41. The predicted molar refractivity (Wildman–Crippen MR) is 65.5 cm³/mol. The average Bonchev–Trinajstić information content (AvgIpc) is 2.44. The highest BCUT2D eigenvalue weighted by atomic mass is 16.4. The Morgan fingerprint density at radius 1 is 1.21 bits per heavy atom. The zero-order chi connectivity index (χ0) is 14.6. The van der Waals surface area contributed by atoms with Crippen LogP contribution in [0.4, 0.5) is 0 Å². The first-order valence-corrected chi connectivity index (χ1v) is 5.66. The summed E-state index contributed by atoms with van der Waals surface area (Å²) in [4.78, 5) is 23.7. The fraction of sp³-hybridized carbons (Fsp3) is 0.385. The summed E-state index contributed by atoms with van der Waals surface area (Å²) in [7, 11) is 0. The third-order valence-corrected chi connectivity index (χ3v) is 2.83. The Bertz CT molecular complexity index is 453. The van der Waals surface area contributed by atoms with E-state index in [1.807, 2.05) is 0 Å². The van der Waals surface area contributed by atoms with Crippen LogP contribution >= 0.6 is 0 Å². The summed E-state index contributed by atoms with van der Waals surface area (Å²) in [6.45, 7) is 0.0733. The van der Waals surface area contributed by atoms with Gasteiger partial charge in [0.15, 0.2) is 5.60 Å². The largest absolute Gasteiger partial charge is 0.394 e. The summed E-state index contributed by atoms with van der Waals surface area (Å²) < 4.78 is 0. The second-order valence-electron chi connectivity index (χ2n) is 4.37. The molecule has 19 heavy (non-hydrogen) atoms. The molecule has 3 atom stereocenters. The first-order chi connectivity index (χ1) is 8.82. The van der Waals surface area contributed by atoms with Crippen LogP contribution in [0, 0.1) is 0 Å². The van der Waals surface area contributed by atoms with Crippen molar-refractivity contribution in [2.75, 3.05) is 6.61 Å². The van der Waals surface area contributed by atoms with Crippen LogP contribution in [-0.2, 0) is 4.79 Å². The standard InChI is InChI=1S/C13H16O6/c1-13(19,11(17)9(15)7-14)12(18)10(16)8-5-3-2-4-6-8/h2-6,9,11,14-15,17,19H,7H2,1H3. The minimum atomic E-state index is -2.48. The van der Waals surface area contributed by atoms with Crippen molar-refractivity contribution in [3.05, 3.63) is 35.9 Å². The molecule has 1 aromatic rings. The predicted octanol–water partition coefficient (Wildman–Crippen LogP) is -1.10. The molecule has 0 aliphatic heterocycles. The second kappa shape index (κ2) is 6.03. The van der Waals surface area contributed by atoms with Gasteiger partial charge in [-0.2, -0.15) is 0 Å². The third kappa shape index (κ3) is 3.24. The zero-order valence-corrected chi connectivity index (χ0v) is 10.4. The lowest BCUT2D eigenvalue weighted by molar-refractivity contribution is -0.156. The monoisotopic (exact) mass is 268 g/mol. The minimum absolute atomic E-state index is 0.0680. The normalized spacial score (nSPS) is 17.3. The van der Waals surface area contributed by atoms with Crippen LogP contribution in [0.15, 0.2) is 30.3 Å². The van der Waals surface area contributed by atoms with Crippen LogP contribution in [0.1, 0.15) is 17.3 Å². The van der Waals surface area contributed by atoms with E-state index in [1.165, 1.54) is 12.1 Å². The number of aliphatic hydroxyl groups is 4. The van der Waals surface area contributed by atoms with Gasteiger partial charge >= 0.3 is 0 Å². The maximum Gasteiger partial charge on any atom is 0.237 e. The Hall–Kier alpha value is -1.60. The smallest absolute Gasteiger partial charge is 0.237 e. The lowest BCUT2D eigenvalue weighted by Gasteiger charge is -2.29. The molecule has 4 N–H and O–H groups in total. The molecule has 1 aromatic carbocycles. The van der Waals surface area contributed by atoms with Gasteiger partial charge in [-0.15, -0.1) is 0 Å². The molecule has 0 amide bonds. The van der Waals surface area contributed by atoms with Crippen molar-refractivity contribution in [2.45, 2.75) is 24.7 Å². The van der Waals surface area contributed by atoms with Gasteiger partial charge in [-0.3, -0.25) is 9.59 Å². The molecule has 3 unspecified atom stereocenters. The highest BCUT2D eigenvalue weighted by molar-refractivity contribution is 6.46. The quantitative estimate of drug-likeness (QED) is 0.385. The Balaban J connectivity index is 2.96. The number of carbonyl (C=O) groups excluding carboxylic acids is 2. The zero-order valence-electron chi connectivity index (χ0n) is 10.4. The first-order valence-electron chi connectivity index (χ1n) is 5.66. The van der Waals surface area contributed by atoms with Gasteiger partial charge in [-0.25, -0.2) is 0 Å². The SMILES string of the molecule is CC(O)(C(=O)C(=O)c1ccccc1)C(O)C(O)CO. The van der Waals surface area contributed by atoms with E-state index in [0.29, 0.717) is 0 Å². The summed E-state index contributed by atoms with van der Waals surface area (Å²) in [5.74, 6) is -2.23. The van der Waals surface area contributed by atoms with E-state index in [4.69, 9.17) is 5.11 Å². The lowest BCUT2D eigenvalue weighted by Crippen LogP contribution is -2.55. The molecule has 0 heterocycles. The molecule has 104 valence electrons. The molecule has 6 nitrogen and oxygen atoms in total. The van der Waals surface area contributed by atoms with Crippen molar-refractivity contribution in [1.29, 1.82) is 0 Å². The van der Waals surface area contributed by atoms with Crippen LogP contribution in [0.5, 0.6) is 0 Å². The number of hydrogen-bond acceptors (Lipinski definition) is 6. The second-order valence-corrected chi connectivity index (χ2v) is 4.37. The van der Waals surface area contributed by atoms with Crippen molar-refractivity contribution in [3.63, 3.8) is 0 Å². The fourth-order valence-electron chi connectivity index (χ4n) is 1.56. The van der Waals surface area contributed by atoms with Gasteiger partial charge in [0.1, 0.15) is 12.2 Å². The highest BCUT2D eigenvalue weighted by Crippen LogP contribution is 2.17. The van der Waals surface area contributed by atoms with Crippen molar-refractivity contribution >= 4 is 11.6 Å². The molecule has 0 radical (unpaired) electrons. The van der Waals surface area contributed by atoms with E-state index >= 15 is 0 Å². The molecule has 0 fully saturated rings. The van der Waals surface area contributed by atoms with E-state index in [2.05, 4.69) is 0 Å². The molecule has 0 saturated heterocycles. The van der Waals surface area contributed by atoms with E-state index in [-0.39, 0.29) is 5.56 Å². The average molecular weight is 268 g/mol. The highest BCUT2D eigenvalue weighted by Gasteiger charge is 2.45. The fourth-order valence-corrected chi connectivity index (χ4v) is 1.56. The molecule has 0 saturated carbocycles. The molecule has 6 heteroatoms. The molecule has 1 rings (SSSR count). The van der Waals surface area contributed by atoms with E-state index < -0.39 is 36.0 Å². The minimum Gasteiger partial charge on any atom is -0.394 e. The van der Waals surface area contributed by atoms with Crippen LogP contribution < -0.4 is 0 Å². The summed E-state index contributed by atoms with van der Waals surface area (Å²) in [6, 6.07) is 7.54. The topological polar surface area (TPSA) is 115 Å². The van der Waals surface area contributed by atoms with Gasteiger partial charge in [-0.1, -0.05) is 30.3 Å². The Morgan fingerprint density at radius 3 is 2.21 bits per heavy atom. The van der Waals surface area contributed by atoms with E-state index in [1.54, 1.807) is 18.2 Å². The van der Waals surface area contributed by atoms with E-state index in [0.717, 1.165) is 6.92 Å². The van der Waals surface area contributed by atoms with Crippen molar-refractivity contribution in [3.8, 4) is 0 Å². The molecular weight excluding hydrogens is 252 g/mol. The van der Waals surface area contributed by atoms with Crippen LogP contribution in [0.25, 0.3) is 0 Å². The number of hydrogen-bond donors (Lipinski definition) is 4. The third-order valence-electron chi connectivity index (χ3n) is 2.83. The molecule has 0 spiro atoms. The first kappa shape index (κ1) is 15.5. The van der Waals surface area contributed by atoms with Gasteiger partial charge in [0, 0.05) is 5.56 Å². The number of aliphatic hydroxyl groups excluding tert-OH is 3. The van der Waals surface area contributed by atoms with Gasteiger partial charge in [-0.05, 0) is 6.92 Å². The van der Waals surface area contributed by atoms with Crippen LogP contribution in [-0.4, -0.2) is 56.4 Å². The van der Waals surface area contributed by atoms with Gasteiger partial charge in [0.2, 0.25) is 11.6 Å². The van der Waals surface area contributed by atoms with Gasteiger partial charge in [0.05, 0.1) is 6.61 Å². The molecule has 0 aromatic heterocycles. The van der Waals surface area contributed by atoms with Gasteiger partial charge in [0.25, 0.3) is 0 Å². The summed E-state index contributed by atoms with van der Waals surface area (Å²) >= 11 is 0. The maximum atomic E-state index is 11.9. The van der Waals surface area contributed by atoms with Crippen molar-refractivity contribution in [1.82, 2.24) is 0 Å². The molecule has 0 aliphatic carbocycles. The number of carbonyl (C=O) groups is 2. The molecular formula is C13H16O6. The van der Waals surface area contributed by atoms with E-state index in [9.17, 15) is 24.9 Å². The maximum absolute atomic E-state index is 11.9. The van der Waals surface area contributed by atoms with Crippen molar-refractivity contribution < 1.29 is 30.0 Å². The Morgan fingerprint density at radius 2 is 1.74 bits per heavy atom. The Labute approximate surface area is 109 Å². The number of rotatable bonds is 6. The molecule has 0 bridgehead atoms. The Kier molecular flexibility index (Phi) is 4.90. The summed E-state index contributed by atoms with van der Waals surface area (Å²) in [5, 5.41) is 37.4. The summed E-state index contributed by atoms with van der Waals surface area (Å²) in [6.07, 6.45) is -3.68.